The second kappa shape index (κ2) is 12.3. The molecule has 0 amide bonds. The van der Waals surface area contributed by atoms with Crippen molar-refractivity contribution in [3.63, 3.8) is 0 Å². The standard InChI is InChI=1S/C29H31BrN4O6S2/c1-7-39-19-13-17(12-18(30)23(19)40-14-16-10-8-9-15(2)11-16)20(21-24(35)31(3)28(41)32(4)25(21)36)22-26(37)33(5)29(42)34(6)27(22)38/h8-13,20,35,37H,7,14H2,1-6H3. The Labute approximate surface area is 260 Å². The lowest BCUT2D eigenvalue weighted by atomic mass is 9.86. The number of hydrogen-bond acceptors (Lipinski definition) is 8. The molecule has 0 saturated heterocycles. The van der Waals surface area contributed by atoms with Gasteiger partial charge in [-0.25, -0.2) is 0 Å². The summed E-state index contributed by atoms with van der Waals surface area (Å²) in [7, 11) is 5.95. The summed E-state index contributed by atoms with van der Waals surface area (Å²) < 4.78 is 17.7. The number of aromatic hydroxyl groups is 2. The zero-order valence-corrected chi connectivity index (χ0v) is 27.2. The Morgan fingerprint density at radius 3 is 1.90 bits per heavy atom. The highest BCUT2D eigenvalue weighted by molar-refractivity contribution is 9.10. The molecule has 2 aromatic heterocycles. The molecule has 4 aromatic rings. The maximum Gasteiger partial charge on any atom is 0.262 e. The van der Waals surface area contributed by atoms with Crippen molar-refractivity contribution in [3.8, 4) is 23.3 Å². The zero-order valence-electron chi connectivity index (χ0n) is 24.0. The van der Waals surface area contributed by atoms with E-state index in [1.54, 1.807) is 12.1 Å². The van der Waals surface area contributed by atoms with Gasteiger partial charge in [0.15, 0.2) is 21.0 Å². The van der Waals surface area contributed by atoms with Crippen molar-refractivity contribution in [2.75, 3.05) is 6.61 Å². The van der Waals surface area contributed by atoms with Crippen LogP contribution in [0.25, 0.3) is 0 Å². The summed E-state index contributed by atoms with van der Waals surface area (Å²) in [5, 5.41) is 22.6. The summed E-state index contributed by atoms with van der Waals surface area (Å²) in [5.74, 6) is -1.41. The number of benzene rings is 2. The Balaban J connectivity index is 2.05. The molecule has 0 fully saturated rings. The Hall–Kier alpha value is -3.68. The number of halogens is 1. The fourth-order valence-electron chi connectivity index (χ4n) is 4.82. The van der Waals surface area contributed by atoms with Crippen molar-refractivity contribution < 1.29 is 19.7 Å². The summed E-state index contributed by atoms with van der Waals surface area (Å²) in [6, 6.07) is 11.2. The van der Waals surface area contributed by atoms with Crippen LogP contribution in [0.4, 0.5) is 0 Å². The molecule has 222 valence electrons. The zero-order chi connectivity index (χ0) is 31.0. The van der Waals surface area contributed by atoms with Gasteiger partial charge in [-0.15, -0.1) is 0 Å². The molecule has 2 N–H and O–H groups in total. The maximum absolute atomic E-state index is 13.7. The van der Waals surface area contributed by atoms with Crippen molar-refractivity contribution >= 4 is 40.4 Å². The van der Waals surface area contributed by atoms with Gasteiger partial charge in [-0.3, -0.25) is 27.9 Å². The maximum atomic E-state index is 13.7. The highest BCUT2D eigenvalue weighted by Gasteiger charge is 2.33. The van der Waals surface area contributed by atoms with Crippen LogP contribution in [0, 0.1) is 16.5 Å². The highest BCUT2D eigenvalue weighted by Crippen LogP contribution is 2.44. The Bertz CT molecular complexity index is 1860. The molecule has 0 radical (unpaired) electrons. The lowest BCUT2D eigenvalue weighted by Gasteiger charge is -2.24. The third-order valence-corrected chi connectivity index (χ3v) is 8.73. The van der Waals surface area contributed by atoms with Gasteiger partial charge in [0.1, 0.15) is 6.61 Å². The number of rotatable bonds is 8. The van der Waals surface area contributed by atoms with E-state index in [2.05, 4.69) is 15.9 Å². The fraction of sp³-hybridized carbons (Fsp3) is 0.310. The van der Waals surface area contributed by atoms with E-state index in [-0.39, 0.29) is 27.3 Å². The Morgan fingerprint density at radius 2 is 1.40 bits per heavy atom. The summed E-state index contributed by atoms with van der Waals surface area (Å²) in [6.07, 6.45) is 0. The average molecular weight is 676 g/mol. The van der Waals surface area contributed by atoms with Crippen LogP contribution in [-0.2, 0) is 34.8 Å². The van der Waals surface area contributed by atoms with Crippen LogP contribution < -0.4 is 20.6 Å². The van der Waals surface area contributed by atoms with Gasteiger partial charge in [0, 0.05) is 28.2 Å². The summed E-state index contributed by atoms with van der Waals surface area (Å²) >= 11 is 14.2. The average Bonchev–Trinajstić information content (AvgIpc) is 2.96. The van der Waals surface area contributed by atoms with Crippen molar-refractivity contribution in [1.82, 2.24) is 18.3 Å². The lowest BCUT2D eigenvalue weighted by molar-refractivity contribution is 0.267. The quantitative estimate of drug-likeness (QED) is 0.255. The molecule has 0 spiro atoms. The Kier molecular flexibility index (Phi) is 9.14. The smallest absolute Gasteiger partial charge is 0.262 e. The minimum absolute atomic E-state index is 0.0691. The summed E-state index contributed by atoms with van der Waals surface area (Å²) in [5.41, 5.74) is 0.810. The Morgan fingerprint density at radius 1 is 0.857 bits per heavy atom. The first-order valence-corrected chi connectivity index (χ1v) is 14.5. The van der Waals surface area contributed by atoms with E-state index in [0.717, 1.165) is 11.1 Å². The van der Waals surface area contributed by atoms with Gasteiger partial charge in [0.05, 0.1) is 28.1 Å². The third kappa shape index (κ3) is 5.55. The molecule has 4 rings (SSSR count). The molecule has 0 unspecified atom stereocenters. The second-order valence-corrected chi connectivity index (χ2v) is 11.4. The molecule has 0 atom stereocenters. The number of aromatic nitrogens is 4. The number of aryl methyl sites for hydroxylation is 1. The van der Waals surface area contributed by atoms with E-state index < -0.39 is 28.8 Å². The van der Waals surface area contributed by atoms with Gasteiger partial charge in [0.25, 0.3) is 11.1 Å². The van der Waals surface area contributed by atoms with Crippen LogP contribution in [-0.4, -0.2) is 35.1 Å². The van der Waals surface area contributed by atoms with Crippen LogP contribution in [0.2, 0.25) is 0 Å². The number of hydrogen-bond donors (Lipinski definition) is 2. The first-order chi connectivity index (χ1) is 19.8. The molecule has 2 aromatic carbocycles. The molecule has 10 nitrogen and oxygen atoms in total. The molecule has 0 saturated carbocycles. The molecule has 0 aliphatic heterocycles. The molecule has 0 aliphatic rings. The van der Waals surface area contributed by atoms with Crippen molar-refractivity contribution in [2.45, 2.75) is 26.4 Å². The topological polar surface area (TPSA) is 113 Å². The van der Waals surface area contributed by atoms with Crippen LogP contribution in [0.1, 0.15) is 40.7 Å². The largest absolute Gasteiger partial charge is 0.494 e. The van der Waals surface area contributed by atoms with E-state index in [9.17, 15) is 19.8 Å². The molecule has 42 heavy (non-hydrogen) atoms. The summed E-state index contributed by atoms with van der Waals surface area (Å²) in [4.78, 5) is 27.4. The van der Waals surface area contributed by atoms with Crippen LogP contribution in [0.3, 0.4) is 0 Å². The van der Waals surface area contributed by atoms with Gasteiger partial charge < -0.3 is 19.7 Å². The van der Waals surface area contributed by atoms with Gasteiger partial charge in [0.2, 0.25) is 11.8 Å². The van der Waals surface area contributed by atoms with Gasteiger partial charge in [-0.05, 0) is 77.5 Å². The molecule has 0 bridgehead atoms. The monoisotopic (exact) mass is 674 g/mol. The molecule has 13 heteroatoms. The van der Waals surface area contributed by atoms with Crippen molar-refractivity contribution in [2.24, 2.45) is 28.2 Å². The van der Waals surface area contributed by atoms with Gasteiger partial charge >= 0.3 is 0 Å². The van der Waals surface area contributed by atoms with Crippen molar-refractivity contribution in [3.05, 3.63) is 98.9 Å². The molecular weight excluding hydrogens is 644 g/mol. The molecule has 2 heterocycles. The summed E-state index contributed by atoms with van der Waals surface area (Å²) in [6.45, 7) is 4.37. The van der Waals surface area contributed by atoms with Gasteiger partial charge in [-0.2, -0.15) is 0 Å². The van der Waals surface area contributed by atoms with Crippen LogP contribution in [0.15, 0.2) is 50.5 Å². The van der Waals surface area contributed by atoms with E-state index in [1.165, 1.54) is 46.5 Å². The number of ether oxygens (including phenoxy) is 2. The van der Waals surface area contributed by atoms with E-state index >= 15 is 0 Å². The molecule has 0 aliphatic carbocycles. The van der Waals surface area contributed by atoms with Crippen molar-refractivity contribution in [1.29, 1.82) is 0 Å². The lowest BCUT2D eigenvalue weighted by Crippen LogP contribution is -2.33. The highest BCUT2D eigenvalue weighted by atomic mass is 79.9. The van der Waals surface area contributed by atoms with E-state index in [4.69, 9.17) is 33.9 Å². The normalized spacial score (nSPS) is 11.2. The van der Waals surface area contributed by atoms with Crippen LogP contribution >= 0.6 is 40.4 Å². The van der Waals surface area contributed by atoms with E-state index in [0.29, 0.717) is 28.1 Å². The third-order valence-electron chi connectivity index (χ3n) is 7.04. The minimum atomic E-state index is -1.26. The molecular formula is C29H31BrN4O6S2. The van der Waals surface area contributed by atoms with Crippen LogP contribution in [0.5, 0.6) is 23.3 Å². The predicted octanol–water partition coefficient (Wildman–Crippen LogP) is 4.86. The fourth-order valence-corrected chi connectivity index (χ4v) is 5.73. The SMILES string of the molecule is CCOc1cc(C(c2c(O)n(C)c(=S)n(C)c2=O)c2c(O)n(C)c(=S)n(C)c2=O)cc(Br)c1OCc1cccc(C)c1. The van der Waals surface area contributed by atoms with E-state index in [1.807, 2.05) is 38.1 Å². The minimum Gasteiger partial charge on any atom is -0.494 e. The number of nitrogens with zero attached hydrogens (tertiary/aromatic N) is 4. The van der Waals surface area contributed by atoms with Gasteiger partial charge in [-0.1, -0.05) is 29.8 Å². The predicted molar refractivity (Wildman–Crippen MR) is 168 cm³/mol. The first-order valence-electron chi connectivity index (χ1n) is 12.9. The first kappa shape index (κ1) is 31.3. The second-order valence-electron chi connectivity index (χ2n) is 9.86.